The van der Waals surface area contributed by atoms with Crippen LogP contribution in [0.4, 0.5) is 24.7 Å². The highest BCUT2D eigenvalue weighted by atomic mass is 19.4. The number of methoxy groups -OCH3 is 2. The van der Waals surface area contributed by atoms with E-state index in [4.69, 9.17) is 9.47 Å². The fourth-order valence-corrected chi connectivity index (χ4v) is 4.03. The van der Waals surface area contributed by atoms with Crippen LogP contribution in [0.5, 0.6) is 11.5 Å². The number of carbonyl (C=O) groups is 1. The summed E-state index contributed by atoms with van der Waals surface area (Å²) in [6.45, 7) is 3.26. The van der Waals surface area contributed by atoms with E-state index in [0.29, 0.717) is 61.0 Å². The Morgan fingerprint density at radius 2 is 1.67 bits per heavy atom. The van der Waals surface area contributed by atoms with E-state index in [1.54, 1.807) is 36.5 Å². The van der Waals surface area contributed by atoms with Gasteiger partial charge in [0, 0.05) is 44.4 Å². The first-order chi connectivity index (χ1) is 17.2. The van der Waals surface area contributed by atoms with Crippen LogP contribution in [-0.4, -0.2) is 56.2 Å². The van der Waals surface area contributed by atoms with Crippen molar-refractivity contribution in [3.05, 3.63) is 77.5 Å². The van der Waals surface area contributed by atoms with Gasteiger partial charge in [-0.1, -0.05) is 18.2 Å². The zero-order chi connectivity index (χ0) is 25.7. The third kappa shape index (κ3) is 6.25. The molecule has 2 heterocycles. The molecule has 2 aromatic carbocycles. The molecule has 1 amide bonds. The van der Waals surface area contributed by atoms with Crippen molar-refractivity contribution in [2.75, 3.05) is 50.6 Å². The summed E-state index contributed by atoms with van der Waals surface area (Å²) in [5.74, 6) is 1.49. The summed E-state index contributed by atoms with van der Waals surface area (Å²) < 4.78 is 49.3. The lowest BCUT2D eigenvalue weighted by Crippen LogP contribution is -2.46. The van der Waals surface area contributed by atoms with Gasteiger partial charge in [-0.2, -0.15) is 13.2 Å². The number of aromatic nitrogens is 1. The second kappa shape index (κ2) is 10.9. The van der Waals surface area contributed by atoms with E-state index >= 15 is 0 Å². The number of piperazine rings is 1. The Hall–Kier alpha value is -3.79. The highest BCUT2D eigenvalue weighted by Gasteiger charge is 2.30. The van der Waals surface area contributed by atoms with Gasteiger partial charge in [-0.15, -0.1) is 0 Å². The fourth-order valence-electron chi connectivity index (χ4n) is 4.03. The number of halogens is 3. The summed E-state index contributed by atoms with van der Waals surface area (Å²) in [5.41, 5.74) is 0.964. The molecule has 0 radical (unpaired) electrons. The van der Waals surface area contributed by atoms with Gasteiger partial charge in [-0.05, 0) is 35.9 Å². The number of anilines is 2. The van der Waals surface area contributed by atoms with Crippen LogP contribution in [0.1, 0.15) is 21.5 Å². The lowest BCUT2D eigenvalue weighted by atomic mass is 10.1. The van der Waals surface area contributed by atoms with E-state index in [-0.39, 0.29) is 5.91 Å². The molecule has 1 aromatic heterocycles. The normalized spacial score (nSPS) is 14.4. The maximum atomic E-state index is 13.0. The van der Waals surface area contributed by atoms with E-state index in [1.165, 1.54) is 26.4 Å². The minimum absolute atomic E-state index is 0.315. The second-order valence-electron chi connectivity index (χ2n) is 8.42. The summed E-state index contributed by atoms with van der Waals surface area (Å²) in [5, 5.41) is 2.82. The maximum Gasteiger partial charge on any atom is 0.416 e. The number of ether oxygens (including phenoxy) is 2. The lowest BCUT2D eigenvalue weighted by Gasteiger charge is -2.35. The zero-order valence-corrected chi connectivity index (χ0v) is 20.0. The Morgan fingerprint density at radius 3 is 2.25 bits per heavy atom. The van der Waals surface area contributed by atoms with Crippen molar-refractivity contribution in [2.24, 2.45) is 0 Å². The minimum atomic E-state index is -4.34. The molecule has 36 heavy (non-hydrogen) atoms. The highest BCUT2D eigenvalue weighted by Crippen LogP contribution is 2.30. The number of nitrogens with one attached hydrogen (secondary N) is 1. The summed E-state index contributed by atoms with van der Waals surface area (Å²) >= 11 is 0. The highest BCUT2D eigenvalue weighted by molar-refractivity contribution is 6.04. The molecule has 1 aliphatic heterocycles. The van der Waals surface area contributed by atoms with E-state index in [1.807, 2.05) is 6.07 Å². The molecule has 3 aromatic rings. The average molecular weight is 501 g/mol. The van der Waals surface area contributed by atoms with Crippen LogP contribution >= 0.6 is 0 Å². The molecular formula is C26H27F3N4O3. The first kappa shape index (κ1) is 25.3. The molecule has 0 aliphatic carbocycles. The van der Waals surface area contributed by atoms with Crippen molar-refractivity contribution in [1.29, 1.82) is 0 Å². The third-order valence-corrected chi connectivity index (χ3v) is 5.98. The maximum absolute atomic E-state index is 13.0. The number of rotatable bonds is 7. The Morgan fingerprint density at radius 1 is 0.972 bits per heavy atom. The van der Waals surface area contributed by atoms with Crippen molar-refractivity contribution in [1.82, 2.24) is 9.88 Å². The molecule has 1 N–H and O–H groups in total. The van der Waals surface area contributed by atoms with Gasteiger partial charge in [0.2, 0.25) is 0 Å². The van der Waals surface area contributed by atoms with Gasteiger partial charge in [0.25, 0.3) is 5.91 Å². The summed E-state index contributed by atoms with van der Waals surface area (Å²) in [7, 11) is 3.04. The first-order valence-corrected chi connectivity index (χ1v) is 11.4. The molecule has 7 nitrogen and oxygen atoms in total. The number of hydrogen-bond donors (Lipinski definition) is 1. The molecule has 1 aliphatic rings. The van der Waals surface area contributed by atoms with E-state index in [9.17, 15) is 18.0 Å². The molecule has 0 unspecified atom stereocenters. The number of alkyl halides is 3. The molecule has 0 bridgehead atoms. The molecule has 1 fully saturated rings. The zero-order valence-electron chi connectivity index (χ0n) is 20.0. The number of hydrogen-bond acceptors (Lipinski definition) is 6. The van der Waals surface area contributed by atoms with Crippen molar-refractivity contribution < 1.29 is 27.4 Å². The molecule has 0 atom stereocenters. The molecular weight excluding hydrogens is 473 g/mol. The lowest BCUT2D eigenvalue weighted by molar-refractivity contribution is -0.137. The topological polar surface area (TPSA) is 66.9 Å². The molecule has 1 saturated heterocycles. The van der Waals surface area contributed by atoms with Crippen molar-refractivity contribution in [3.8, 4) is 11.5 Å². The first-order valence-electron chi connectivity index (χ1n) is 11.4. The van der Waals surface area contributed by atoms with Crippen LogP contribution in [0.25, 0.3) is 0 Å². The van der Waals surface area contributed by atoms with Crippen molar-refractivity contribution in [3.63, 3.8) is 0 Å². The van der Waals surface area contributed by atoms with Gasteiger partial charge in [0.05, 0.1) is 31.7 Å². The smallest absolute Gasteiger partial charge is 0.416 e. The molecule has 190 valence electrons. The van der Waals surface area contributed by atoms with Gasteiger partial charge < -0.3 is 19.7 Å². The predicted octanol–water partition coefficient (Wildman–Crippen LogP) is 4.69. The van der Waals surface area contributed by atoms with Gasteiger partial charge in [0.1, 0.15) is 17.3 Å². The number of nitrogens with zero attached hydrogens (tertiary/aromatic N) is 3. The summed E-state index contributed by atoms with van der Waals surface area (Å²) in [6.07, 6.45) is -2.74. The van der Waals surface area contributed by atoms with Crippen LogP contribution in [0.3, 0.4) is 0 Å². The Balaban J connectivity index is 1.32. The standard InChI is InChI=1S/C26H27F3N4O3/c1-35-22-13-19(14-23(15-22)36-2)25(34)31-21-6-7-24(30-16-21)33-10-8-32(9-11-33)17-18-4-3-5-20(12-18)26(27,28)29/h3-7,12-16H,8-11,17H2,1-2H3,(H,31,34). The van der Waals surface area contributed by atoms with Gasteiger partial charge in [-0.3, -0.25) is 9.69 Å². The van der Waals surface area contributed by atoms with Crippen LogP contribution in [0.2, 0.25) is 0 Å². The Kier molecular flexibility index (Phi) is 7.64. The van der Waals surface area contributed by atoms with Gasteiger partial charge >= 0.3 is 6.18 Å². The molecule has 10 heteroatoms. The van der Waals surface area contributed by atoms with Crippen LogP contribution in [-0.2, 0) is 12.7 Å². The van der Waals surface area contributed by atoms with Crippen molar-refractivity contribution >= 4 is 17.4 Å². The van der Waals surface area contributed by atoms with E-state index in [0.717, 1.165) is 11.9 Å². The van der Waals surface area contributed by atoms with Gasteiger partial charge in [0.15, 0.2) is 0 Å². The fraction of sp³-hybridized carbons (Fsp3) is 0.308. The summed E-state index contributed by atoms with van der Waals surface area (Å²) in [6, 6.07) is 14.0. The Labute approximate surface area is 207 Å². The molecule has 0 saturated carbocycles. The second-order valence-corrected chi connectivity index (χ2v) is 8.42. The monoisotopic (exact) mass is 500 g/mol. The Bertz CT molecular complexity index is 1170. The van der Waals surface area contributed by atoms with Gasteiger partial charge in [-0.25, -0.2) is 4.98 Å². The number of pyridine rings is 1. The quantitative estimate of drug-likeness (QED) is 0.508. The average Bonchev–Trinajstić information content (AvgIpc) is 2.89. The van der Waals surface area contributed by atoms with Crippen LogP contribution in [0, 0.1) is 0 Å². The summed E-state index contributed by atoms with van der Waals surface area (Å²) in [4.78, 5) is 21.4. The molecule has 4 rings (SSSR count). The van der Waals surface area contributed by atoms with E-state index < -0.39 is 11.7 Å². The third-order valence-electron chi connectivity index (χ3n) is 5.98. The predicted molar refractivity (Wildman–Crippen MR) is 131 cm³/mol. The van der Waals surface area contributed by atoms with Crippen molar-refractivity contribution in [2.45, 2.75) is 12.7 Å². The SMILES string of the molecule is COc1cc(OC)cc(C(=O)Nc2ccc(N3CCN(Cc4cccc(C(F)(F)F)c4)CC3)nc2)c1. The number of amides is 1. The largest absolute Gasteiger partial charge is 0.497 e. The van der Waals surface area contributed by atoms with Crippen LogP contribution in [0.15, 0.2) is 60.8 Å². The molecule has 0 spiro atoms. The van der Waals surface area contributed by atoms with E-state index in [2.05, 4.69) is 20.1 Å². The minimum Gasteiger partial charge on any atom is -0.497 e. The number of benzene rings is 2. The number of carbonyl (C=O) groups excluding carboxylic acids is 1. The van der Waals surface area contributed by atoms with Crippen LogP contribution < -0.4 is 19.7 Å².